The number of hydrogen-bond acceptors (Lipinski definition) is 3. The third kappa shape index (κ3) is 4.41. The summed E-state index contributed by atoms with van der Waals surface area (Å²) in [6.45, 7) is 4.37. The Morgan fingerprint density at radius 2 is 1.92 bits per heavy atom. The number of halogens is 1. The summed E-state index contributed by atoms with van der Waals surface area (Å²) in [7, 11) is 0. The van der Waals surface area contributed by atoms with Gasteiger partial charge in [-0.3, -0.25) is 4.79 Å². The number of thiophene rings is 1. The van der Waals surface area contributed by atoms with Crippen LogP contribution in [0.2, 0.25) is 5.02 Å². The van der Waals surface area contributed by atoms with E-state index in [-0.39, 0.29) is 5.91 Å². The molecule has 1 heterocycles. The number of benzene rings is 2. The second-order valence-electron chi connectivity index (χ2n) is 5.79. The highest BCUT2D eigenvalue weighted by Crippen LogP contribution is 2.23. The van der Waals surface area contributed by atoms with Crippen molar-refractivity contribution in [1.29, 1.82) is 0 Å². The van der Waals surface area contributed by atoms with Gasteiger partial charge in [0.25, 0.3) is 5.91 Å². The SMILES string of the molecule is Cc1ccc(NC(=O)c2cc(COc3ccccc3C)cs2)cc1Cl. The molecule has 5 heteroatoms. The van der Waals surface area contributed by atoms with Crippen LogP contribution in [0.4, 0.5) is 5.69 Å². The van der Waals surface area contributed by atoms with Gasteiger partial charge in [-0.1, -0.05) is 35.9 Å². The van der Waals surface area contributed by atoms with E-state index in [2.05, 4.69) is 5.32 Å². The van der Waals surface area contributed by atoms with E-state index in [9.17, 15) is 4.79 Å². The summed E-state index contributed by atoms with van der Waals surface area (Å²) in [5.74, 6) is 0.709. The minimum absolute atomic E-state index is 0.146. The van der Waals surface area contributed by atoms with Crippen molar-refractivity contribution in [2.45, 2.75) is 20.5 Å². The summed E-state index contributed by atoms with van der Waals surface area (Å²) in [6, 6.07) is 15.2. The van der Waals surface area contributed by atoms with Gasteiger partial charge < -0.3 is 10.1 Å². The molecule has 2 aromatic carbocycles. The zero-order valence-corrected chi connectivity index (χ0v) is 15.6. The number of carbonyl (C=O) groups excluding carboxylic acids is 1. The standard InChI is InChI=1S/C20H18ClNO2S/c1-13-7-8-16(10-17(13)21)22-20(23)19-9-15(12-25-19)11-24-18-6-4-3-5-14(18)2/h3-10,12H,11H2,1-2H3,(H,22,23). The fraction of sp³-hybridized carbons (Fsp3) is 0.150. The highest BCUT2D eigenvalue weighted by Gasteiger charge is 2.11. The average molecular weight is 372 g/mol. The van der Waals surface area contributed by atoms with Gasteiger partial charge in [0.05, 0.1) is 4.88 Å². The quantitative estimate of drug-likeness (QED) is 0.610. The van der Waals surface area contributed by atoms with E-state index in [4.69, 9.17) is 16.3 Å². The number of nitrogens with one attached hydrogen (secondary N) is 1. The van der Waals surface area contributed by atoms with Crippen molar-refractivity contribution in [3.63, 3.8) is 0 Å². The Labute approximate surface area is 156 Å². The molecule has 3 nitrogen and oxygen atoms in total. The molecular formula is C20H18ClNO2S. The van der Waals surface area contributed by atoms with E-state index in [1.807, 2.05) is 61.7 Å². The molecule has 0 saturated carbocycles. The van der Waals surface area contributed by atoms with E-state index in [0.29, 0.717) is 22.2 Å². The Kier molecular flexibility index (Phi) is 5.41. The molecule has 1 amide bonds. The fourth-order valence-electron chi connectivity index (χ4n) is 2.31. The summed E-state index contributed by atoms with van der Waals surface area (Å²) in [5, 5.41) is 5.44. The van der Waals surface area contributed by atoms with Crippen molar-refractivity contribution >= 4 is 34.5 Å². The molecule has 0 unspecified atom stereocenters. The molecule has 128 valence electrons. The van der Waals surface area contributed by atoms with Gasteiger partial charge in [-0.25, -0.2) is 0 Å². The van der Waals surface area contributed by atoms with Crippen LogP contribution in [0.3, 0.4) is 0 Å². The van der Waals surface area contributed by atoms with Crippen LogP contribution in [0.25, 0.3) is 0 Å². The zero-order chi connectivity index (χ0) is 17.8. The Balaban J connectivity index is 1.63. The predicted molar refractivity (Wildman–Crippen MR) is 104 cm³/mol. The first-order valence-electron chi connectivity index (χ1n) is 7.86. The molecule has 0 fully saturated rings. The van der Waals surface area contributed by atoms with Crippen LogP contribution in [0.15, 0.2) is 53.9 Å². The van der Waals surface area contributed by atoms with Crippen LogP contribution >= 0.6 is 22.9 Å². The van der Waals surface area contributed by atoms with E-state index in [1.165, 1.54) is 11.3 Å². The highest BCUT2D eigenvalue weighted by atomic mass is 35.5. The Bertz CT molecular complexity index is 904. The maximum atomic E-state index is 12.4. The molecule has 0 saturated heterocycles. The average Bonchev–Trinajstić information content (AvgIpc) is 3.07. The molecule has 0 spiro atoms. The molecule has 0 atom stereocenters. The molecule has 0 radical (unpaired) electrons. The Hall–Kier alpha value is -2.30. The molecule has 0 bridgehead atoms. The molecule has 0 aliphatic rings. The largest absolute Gasteiger partial charge is 0.489 e. The van der Waals surface area contributed by atoms with Crippen LogP contribution in [-0.2, 0) is 6.61 Å². The number of anilines is 1. The van der Waals surface area contributed by atoms with Gasteiger partial charge in [-0.2, -0.15) is 0 Å². The normalized spacial score (nSPS) is 10.5. The monoisotopic (exact) mass is 371 g/mol. The lowest BCUT2D eigenvalue weighted by Crippen LogP contribution is -2.10. The fourth-order valence-corrected chi connectivity index (χ4v) is 3.29. The minimum atomic E-state index is -0.146. The third-order valence-electron chi connectivity index (χ3n) is 3.80. The number of carbonyl (C=O) groups is 1. The smallest absolute Gasteiger partial charge is 0.265 e. The first-order valence-corrected chi connectivity index (χ1v) is 9.12. The van der Waals surface area contributed by atoms with Crippen LogP contribution in [0.5, 0.6) is 5.75 Å². The summed E-state index contributed by atoms with van der Waals surface area (Å²) in [5.41, 5.74) is 3.73. The number of aryl methyl sites for hydroxylation is 2. The van der Waals surface area contributed by atoms with Gasteiger partial charge in [-0.15, -0.1) is 11.3 Å². The van der Waals surface area contributed by atoms with Crippen molar-refractivity contribution in [3.05, 3.63) is 80.5 Å². The van der Waals surface area contributed by atoms with Crippen molar-refractivity contribution in [2.75, 3.05) is 5.32 Å². The predicted octanol–water partition coefficient (Wildman–Crippen LogP) is 5.85. The summed E-state index contributed by atoms with van der Waals surface area (Å²) >= 11 is 7.49. The van der Waals surface area contributed by atoms with Crippen molar-refractivity contribution < 1.29 is 9.53 Å². The maximum Gasteiger partial charge on any atom is 0.265 e. The number of amides is 1. The van der Waals surface area contributed by atoms with Crippen LogP contribution in [-0.4, -0.2) is 5.91 Å². The molecule has 25 heavy (non-hydrogen) atoms. The molecule has 0 aliphatic carbocycles. The van der Waals surface area contributed by atoms with Gasteiger partial charge in [0.2, 0.25) is 0 Å². The number of hydrogen-bond donors (Lipinski definition) is 1. The number of para-hydroxylation sites is 1. The molecule has 3 rings (SSSR count). The first-order chi connectivity index (χ1) is 12.0. The lowest BCUT2D eigenvalue weighted by atomic mass is 10.2. The van der Waals surface area contributed by atoms with Crippen molar-refractivity contribution in [2.24, 2.45) is 0 Å². The van der Waals surface area contributed by atoms with E-state index in [1.54, 1.807) is 6.07 Å². The van der Waals surface area contributed by atoms with Gasteiger partial charge in [0, 0.05) is 16.3 Å². The summed E-state index contributed by atoms with van der Waals surface area (Å²) in [4.78, 5) is 13.0. The number of ether oxygens (including phenoxy) is 1. The van der Waals surface area contributed by atoms with Gasteiger partial charge >= 0.3 is 0 Å². The zero-order valence-electron chi connectivity index (χ0n) is 14.0. The van der Waals surface area contributed by atoms with Gasteiger partial charge in [0.1, 0.15) is 12.4 Å². The van der Waals surface area contributed by atoms with Crippen LogP contribution in [0, 0.1) is 13.8 Å². The van der Waals surface area contributed by atoms with Crippen LogP contribution < -0.4 is 10.1 Å². The molecule has 0 aliphatic heterocycles. The molecular weight excluding hydrogens is 354 g/mol. The summed E-state index contributed by atoms with van der Waals surface area (Å²) in [6.07, 6.45) is 0. The molecule has 3 aromatic rings. The third-order valence-corrected chi connectivity index (χ3v) is 5.18. The second kappa shape index (κ2) is 7.72. The summed E-state index contributed by atoms with van der Waals surface area (Å²) < 4.78 is 5.82. The van der Waals surface area contributed by atoms with Crippen LogP contribution in [0.1, 0.15) is 26.4 Å². The number of rotatable bonds is 5. The lowest BCUT2D eigenvalue weighted by Gasteiger charge is -2.07. The minimum Gasteiger partial charge on any atom is -0.489 e. The van der Waals surface area contributed by atoms with Crippen molar-refractivity contribution in [3.8, 4) is 5.75 Å². The Morgan fingerprint density at radius 3 is 2.68 bits per heavy atom. The highest BCUT2D eigenvalue weighted by molar-refractivity contribution is 7.12. The van der Waals surface area contributed by atoms with Crippen molar-refractivity contribution in [1.82, 2.24) is 0 Å². The van der Waals surface area contributed by atoms with Gasteiger partial charge in [0.15, 0.2) is 0 Å². The van der Waals surface area contributed by atoms with E-state index in [0.717, 1.165) is 22.4 Å². The van der Waals surface area contributed by atoms with Gasteiger partial charge in [-0.05, 0) is 54.6 Å². The Morgan fingerprint density at radius 1 is 1.12 bits per heavy atom. The molecule has 1 N–H and O–H groups in total. The topological polar surface area (TPSA) is 38.3 Å². The lowest BCUT2D eigenvalue weighted by molar-refractivity contribution is 0.103. The maximum absolute atomic E-state index is 12.4. The molecule has 1 aromatic heterocycles. The first kappa shape index (κ1) is 17.5. The second-order valence-corrected chi connectivity index (χ2v) is 7.11. The van der Waals surface area contributed by atoms with E-state index >= 15 is 0 Å². The van der Waals surface area contributed by atoms with E-state index < -0.39 is 0 Å².